The van der Waals surface area contributed by atoms with E-state index in [1.165, 1.54) is 0 Å². The lowest BCUT2D eigenvalue weighted by Gasteiger charge is -2.33. The van der Waals surface area contributed by atoms with Gasteiger partial charge in [0.2, 0.25) is 5.96 Å². The number of nitrogens with one attached hydrogen (secondary N) is 1. The normalized spacial score (nSPS) is 21.2. The molecule has 0 aliphatic carbocycles. The van der Waals surface area contributed by atoms with Gasteiger partial charge in [0.05, 0.1) is 0 Å². The summed E-state index contributed by atoms with van der Waals surface area (Å²) < 4.78 is 5.26. The van der Waals surface area contributed by atoms with Gasteiger partial charge in [-0.25, -0.2) is 5.84 Å². The fourth-order valence-electron chi connectivity index (χ4n) is 2.14. The topological polar surface area (TPSA) is 83.1 Å². The maximum absolute atomic E-state index is 9.20. The molecule has 0 amide bonds. The molecule has 1 aliphatic rings. The number of nitrogens with two attached hydrogens (primary N) is 1. The van der Waals surface area contributed by atoms with E-state index in [0.29, 0.717) is 12.5 Å². The minimum atomic E-state index is 0.235. The van der Waals surface area contributed by atoms with Crippen LogP contribution in [0.15, 0.2) is 4.99 Å². The van der Waals surface area contributed by atoms with Gasteiger partial charge in [-0.3, -0.25) is 10.4 Å². The number of hydrogen-bond donors (Lipinski definition) is 3. The molecule has 1 saturated heterocycles. The third kappa shape index (κ3) is 5.20. The summed E-state index contributed by atoms with van der Waals surface area (Å²) in [7, 11) is 0. The second-order valence-corrected chi connectivity index (χ2v) is 4.54. The number of hydrogen-bond acceptors (Lipinski definition) is 4. The Kier molecular flexibility index (Phi) is 7.71. The molecule has 0 aromatic heterocycles. The maximum atomic E-state index is 9.20. The molecule has 6 heteroatoms. The highest BCUT2D eigenvalue weighted by Gasteiger charge is 2.21. The van der Waals surface area contributed by atoms with E-state index in [9.17, 15) is 5.11 Å². The molecule has 0 radical (unpaired) electrons. The van der Waals surface area contributed by atoms with Crippen LogP contribution in [0.4, 0.5) is 0 Å². The highest BCUT2D eigenvalue weighted by Crippen LogP contribution is 2.15. The zero-order valence-corrected chi connectivity index (χ0v) is 11.3. The Bertz CT molecular complexity index is 248. The van der Waals surface area contributed by atoms with Crippen molar-refractivity contribution in [1.82, 2.24) is 10.3 Å². The first kappa shape index (κ1) is 15.2. The van der Waals surface area contributed by atoms with E-state index in [1.807, 2.05) is 6.92 Å². The zero-order valence-electron chi connectivity index (χ0n) is 11.3. The van der Waals surface area contributed by atoms with Crippen LogP contribution in [0.2, 0.25) is 0 Å². The summed E-state index contributed by atoms with van der Waals surface area (Å²) in [4.78, 5) is 6.57. The van der Waals surface area contributed by atoms with Gasteiger partial charge in [-0.1, -0.05) is 0 Å². The third-order valence-electron chi connectivity index (χ3n) is 3.12. The predicted octanol–water partition coefficient (Wildman–Crippen LogP) is -0.0634. The molecule has 1 aliphatic heterocycles. The highest BCUT2D eigenvalue weighted by atomic mass is 16.5. The third-order valence-corrected chi connectivity index (χ3v) is 3.12. The van der Waals surface area contributed by atoms with Crippen molar-refractivity contribution >= 4 is 5.96 Å². The molecule has 0 bridgehead atoms. The summed E-state index contributed by atoms with van der Waals surface area (Å²) in [6.07, 6.45) is 3.05. The number of nitrogens with zero attached hydrogens (tertiary/aromatic N) is 2. The van der Waals surface area contributed by atoms with Crippen LogP contribution in [0.5, 0.6) is 0 Å². The molecule has 1 rings (SSSR count). The lowest BCUT2D eigenvalue weighted by atomic mass is 9.99. The molecule has 106 valence electrons. The number of ether oxygens (including phenoxy) is 1. The van der Waals surface area contributed by atoms with Crippen LogP contribution in [0.3, 0.4) is 0 Å². The largest absolute Gasteiger partial charge is 0.396 e. The first-order chi connectivity index (χ1) is 8.81. The average Bonchev–Trinajstić information content (AvgIpc) is 2.43. The van der Waals surface area contributed by atoms with Crippen molar-refractivity contribution in [3.63, 3.8) is 0 Å². The van der Waals surface area contributed by atoms with Crippen LogP contribution in [0, 0.1) is 5.92 Å². The Morgan fingerprint density at radius 3 is 3.11 bits per heavy atom. The van der Waals surface area contributed by atoms with Gasteiger partial charge < -0.3 is 14.7 Å². The van der Waals surface area contributed by atoms with Crippen LogP contribution >= 0.6 is 0 Å². The SMILES string of the molecule is CCOCCCN=C(NN)N1CCCC(CO)C1. The molecule has 18 heavy (non-hydrogen) atoms. The summed E-state index contributed by atoms with van der Waals surface area (Å²) in [5.41, 5.74) is 2.66. The predicted molar refractivity (Wildman–Crippen MR) is 72.1 cm³/mol. The summed E-state index contributed by atoms with van der Waals surface area (Å²) in [5, 5.41) is 9.20. The number of aliphatic imine (C=N–C) groups is 1. The summed E-state index contributed by atoms with van der Waals surface area (Å²) in [6.45, 7) is 6.18. The van der Waals surface area contributed by atoms with Crippen molar-refractivity contribution < 1.29 is 9.84 Å². The molecule has 1 heterocycles. The van der Waals surface area contributed by atoms with Crippen LogP contribution < -0.4 is 11.3 Å². The van der Waals surface area contributed by atoms with E-state index < -0.39 is 0 Å². The molecule has 1 atom stereocenters. The Hall–Kier alpha value is -0.850. The van der Waals surface area contributed by atoms with E-state index in [4.69, 9.17) is 10.6 Å². The van der Waals surface area contributed by atoms with Gasteiger partial charge in [-0.2, -0.15) is 0 Å². The number of aliphatic hydroxyl groups is 1. The van der Waals surface area contributed by atoms with Gasteiger partial charge >= 0.3 is 0 Å². The zero-order chi connectivity index (χ0) is 13.2. The number of likely N-dealkylation sites (tertiary alicyclic amines) is 1. The molecule has 6 nitrogen and oxygen atoms in total. The van der Waals surface area contributed by atoms with Crippen molar-refractivity contribution in [3.8, 4) is 0 Å². The van der Waals surface area contributed by atoms with E-state index in [2.05, 4.69) is 15.3 Å². The standard InChI is InChI=1S/C12H26N4O2/c1-2-18-8-4-6-14-12(15-13)16-7-3-5-11(9-16)10-17/h11,17H,2-10,13H2,1H3,(H,14,15). The molecule has 0 spiro atoms. The van der Waals surface area contributed by atoms with E-state index in [0.717, 1.165) is 51.5 Å². The summed E-state index contributed by atoms with van der Waals surface area (Å²) in [6, 6.07) is 0. The lowest BCUT2D eigenvalue weighted by molar-refractivity contribution is 0.146. The highest BCUT2D eigenvalue weighted by molar-refractivity contribution is 5.79. The molecule has 0 aromatic carbocycles. The van der Waals surface area contributed by atoms with Crippen molar-refractivity contribution in [2.45, 2.75) is 26.2 Å². The lowest BCUT2D eigenvalue weighted by Crippen LogP contribution is -2.49. The van der Waals surface area contributed by atoms with Crippen LogP contribution in [0.1, 0.15) is 26.2 Å². The van der Waals surface area contributed by atoms with Crippen molar-refractivity contribution in [2.75, 3.05) is 39.5 Å². The number of rotatable bonds is 6. The molecule has 0 saturated carbocycles. The molecule has 4 N–H and O–H groups in total. The minimum absolute atomic E-state index is 0.235. The number of piperidine rings is 1. The fraction of sp³-hybridized carbons (Fsp3) is 0.917. The Morgan fingerprint density at radius 2 is 2.44 bits per heavy atom. The number of hydrazine groups is 1. The Morgan fingerprint density at radius 1 is 1.61 bits per heavy atom. The van der Waals surface area contributed by atoms with Gasteiger partial charge in [-0.15, -0.1) is 0 Å². The molecule has 1 unspecified atom stereocenters. The van der Waals surface area contributed by atoms with Gasteiger partial charge in [0.25, 0.3) is 0 Å². The van der Waals surface area contributed by atoms with Crippen molar-refractivity contribution in [2.24, 2.45) is 16.8 Å². The van der Waals surface area contributed by atoms with Gasteiger partial charge in [0, 0.05) is 39.5 Å². The number of guanidine groups is 1. The summed E-state index contributed by atoms with van der Waals surface area (Å²) in [5.74, 6) is 6.58. The van der Waals surface area contributed by atoms with E-state index in [-0.39, 0.29) is 6.61 Å². The van der Waals surface area contributed by atoms with E-state index in [1.54, 1.807) is 0 Å². The fourth-order valence-corrected chi connectivity index (χ4v) is 2.14. The first-order valence-corrected chi connectivity index (χ1v) is 6.76. The molecule has 1 fully saturated rings. The Labute approximate surface area is 109 Å². The quantitative estimate of drug-likeness (QED) is 0.204. The van der Waals surface area contributed by atoms with Crippen molar-refractivity contribution in [1.29, 1.82) is 0 Å². The molecular formula is C12H26N4O2. The second-order valence-electron chi connectivity index (χ2n) is 4.54. The van der Waals surface area contributed by atoms with Gasteiger partial charge in [0.15, 0.2) is 0 Å². The minimum Gasteiger partial charge on any atom is -0.396 e. The average molecular weight is 258 g/mol. The van der Waals surface area contributed by atoms with Gasteiger partial charge in [0.1, 0.15) is 0 Å². The smallest absolute Gasteiger partial charge is 0.208 e. The molecular weight excluding hydrogens is 232 g/mol. The van der Waals surface area contributed by atoms with Gasteiger partial charge in [-0.05, 0) is 32.1 Å². The van der Waals surface area contributed by atoms with Crippen molar-refractivity contribution in [3.05, 3.63) is 0 Å². The Balaban J connectivity index is 2.36. The first-order valence-electron chi connectivity index (χ1n) is 6.76. The number of aliphatic hydroxyl groups excluding tert-OH is 1. The maximum Gasteiger partial charge on any atom is 0.208 e. The second kappa shape index (κ2) is 9.13. The van der Waals surface area contributed by atoms with Crippen LogP contribution in [-0.4, -0.2) is 55.4 Å². The van der Waals surface area contributed by atoms with Crippen LogP contribution in [0.25, 0.3) is 0 Å². The summed E-state index contributed by atoms with van der Waals surface area (Å²) >= 11 is 0. The van der Waals surface area contributed by atoms with E-state index >= 15 is 0 Å². The molecule has 0 aromatic rings. The monoisotopic (exact) mass is 258 g/mol. The van der Waals surface area contributed by atoms with Crippen LogP contribution in [-0.2, 0) is 4.74 Å².